The van der Waals surface area contributed by atoms with Crippen molar-refractivity contribution >= 4 is 11.9 Å². The lowest BCUT2D eigenvalue weighted by molar-refractivity contribution is -0.869. The van der Waals surface area contributed by atoms with Gasteiger partial charge in [0.1, 0.15) is 6.10 Å². The van der Waals surface area contributed by atoms with Gasteiger partial charge >= 0.3 is 5.97 Å². The highest BCUT2D eigenvalue weighted by Gasteiger charge is 2.59. The molecule has 4 aliphatic rings. The van der Waals surface area contributed by atoms with Gasteiger partial charge in [-0.05, 0) is 91.3 Å². The Bertz CT molecular complexity index is 951. The number of esters is 1. The SMILES string of the molecule is CC(C)CCC[C@@H](C)[C@H]1CC[C@H]2[C@@H]3CC=C4C[C@@H](OC(=O)CCC(=O)NCC[N+](C)(C)C)CC[C@]4(C)[C@H]3CC[C@]12C. The number of likely N-dealkylation sites (N-methyl/N-ethyl adjacent to an activating group) is 1. The number of quaternary nitrogens is 1. The van der Waals surface area contributed by atoms with E-state index in [1.165, 1.54) is 51.4 Å². The molecule has 4 rings (SSSR count). The summed E-state index contributed by atoms with van der Waals surface area (Å²) in [6.07, 6.45) is 16.9. The lowest BCUT2D eigenvalue weighted by Gasteiger charge is -2.58. The van der Waals surface area contributed by atoms with Gasteiger partial charge in [-0.15, -0.1) is 0 Å². The number of hydrogen-bond acceptors (Lipinski definition) is 3. The minimum atomic E-state index is -0.220. The van der Waals surface area contributed by atoms with Gasteiger partial charge in [-0.1, -0.05) is 65.5 Å². The number of nitrogens with one attached hydrogen (secondary N) is 1. The van der Waals surface area contributed by atoms with Crippen LogP contribution in [0.25, 0.3) is 0 Å². The summed E-state index contributed by atoms with van der Waals surface area (Å²) in [5.41, 5.74) is 2.34. The van der Waals surface area contributed by atoms with Gasteiger partial charge in [0.2, 0.25) is 5.91 Å². The van der Waals surface area contributed by atoms with Crippen LogP contribution in [-0.4, -0.2) is 56.7 Å². The first kappa shape index (κ1) is 32.6. The molecule has 234 valence electrons. The van der Waals surface area contributed by atoms with Crippen molar-refractivity contribution in [3.63, 3.8) is 0 Å². The van der Waals surface area contributed by atoms with E-state index in [-0.39, 0.29) is 36.2 Å². The molecule has 0 unspecified atom stereocenters. The predicted octanol–water partition coefficient (Wildman–Crippen LogP) is 7.54. The highest BCUT2D eigenvalue weighted by atomic mass is 16.5. The van der Waals surface area contributed by atoms with Crippen molar-refractivity contribution in [2.75, 3.05) is 34.2 Å². The highest BCUT2D eigenvalue weighted by Crippen LogP contribution is 2.67. The summed E-state index contributed by atoms with van der Waals surface area (Å²) >= 11 is 0. The molecule has 0 radical (unpaired) electrons. The summed E-state index contributed by atoms with van der Waals surface area (Å²) in [7, 11) is 6.31. The van der Waals surface area contributed by atoms with E-state index in [1.807, 2.05) is 0 Å². The van der Waals surface area contributed by atoms with Gasteiger partial charge < -0.3 is 14.5 Å². The monoisotopic (exact) mass is 571 g/mol. The van der Waals surface area contributed by atoms with Crippen LogP contribution >= 0.6 is 0 Å². The molecule has 3 saturated carbocycles. The van der Waals surface area contributed by atoms with Gasteiger partial charge in [0.15, 0.2) is 0 Å². The molecular weight excluding hydrogens is 508 g/mol. The zero-order valence-corrected chi connectivity index (χ0v) is 27.9. The molecule has 0 saturated heterocycles. The maximum atomic E-state index is 12.6. The van der Waals surface area contributed by atoms with Crippen LogP contribution in [0.4, 0.5) is 0 Å². The topological polar surface area (TPSA) is 55.4 Å². The van der Waals surface area contributed by atoms with Gasteiger partial charge in [-0.3, -0.25) is 9.59 Å². The van der Waals surface area contributed by atoms with Gasteiger partial charge in [-0.2, -0.15) is 0 Å². The molecule has 5 nitrogen and oxygen atoms in total. The molecule has 0 aromatic carbocycles. The van der Waals surface area contributed by atoms with E-state index in [2.05, 4.69) is 67.2 Å². The van der Waals surface area contributed by atoms with Gasteiger partial charge in [0.25, 0.3) is 0 Å². The summed E-state index contributed by atoms with van der Waals surface area (Å²) in [6.45, 7) is 14.0. The summed E-state index contributed by atoms with van der Waals surface area (Å²) in [5.74, 6) is 4.77. The molecule has 0 aromatic rings. The van der Waals surface area contributed by atoms with Crippen LogP contribution in [0.2, 0.25) is 0 Å². The maximum absolute atomic E-state index is 12.6. The molecule has 0 heterocycles. The van der Waals surface area contributed by atoms with Gasteiger partial charge in [0.05, 0.1) is 40.7 Å². The zero-order chi connectivity index (χ0) is 30.0. The average Bonchev–Trinajstić information content (AvgIpc) is 3.24. The van der Waals surface area contributed by atoms with E-state index in [4.69, 9.17) is 4.74 Å². The van der Waals surface area contributed by atoms with Crippen LogP contribution in [0.1, 0.15) is 118 Å². The lowest BCUT2D eigenvalue weighted by Crippen LogP contribution is -2.51. The molecule has 0 aromatic heterocycles. The predicted molar refractivity (Wildman–Crippen MR) is 168 cm³/mol. The van der Waals surface area contributed by atoms with E-state index >= 15 is 0 Å². The molecule has 0 bridgehead atoms. The van der Waals surface area contributed by atoms with Crippen LogP contribution in [0.15, 0.2) is 11.6 Å². The Morgan fingerprint density at radius 1 is 1.00 bits per heavy atom. The molecule has 1 N–H and O–H groups in total. The molecule has 3 fully saturated rings. The molecule has 4 aliphatic carbocycles. The number of allylic oxidation sites excluding steroid dienone is 1. The molecule has 8 atom stereocenters. The lowest BCUT2D eigenvalue weighted by atomic mass is 9.47. The van der Waals surface area contributed by atoms with E-state index in [0.29, 0.717) is 12.0 Å². The largest absolute Gasteiger partial charge is 0.462 e. The number of hydrogen-bond donors (Lipinski definition) is 1. The molecule has 0 aliphatic heterocycles. The van der Waals surface area contributed by atoms with Crippen LogP contribution in [-0.2, 0) is 14.3 Å². The van der Waals surface area contributed by atoms with Crippen molar-refractivity contribution < 1.29 is 18.8 Å². The zero-order valence-electron chi connectivity index (χ0n) is 27.9. The van der Waals surface area contributed by atoms with Crippen LogP contribution in [0.5, 0.6) is 0 Å². The minimum absolute atomic E-state index is 0.0315. The van der Waals surface area contributed by atoms with Crippen molar-refractivity contribution in [3.8, 4) is 0 Å². The number of carbonyl (C=O) groups excluding carboxylic acids is 2. The number of amides is 1. The Morgan fingerprint density at radius 3 is 2.46 bits per heavy atom. The Labute approximate surface area is 252 Å². The van der Waals surface area contributed by atoms with E-state index in [9.17, 15) is 9.59 Å². The molecule has 5 heteroatoms. The summed E-state index contributed by atoms with van der Waals surface area (Å²) < 4.78 is 6.74. The normalized spacial score (nSPS) is 35.6. The average molecular weight is 572 g/mol. The number of rotatable bonds is 12. The second-order valence-corrected chi connectivity index (χ2v) is 16.5. The van der Waals surface area contributed by atoms with Crippen LogP contribution in [0.3, 0.4) is 0 Å². The van der Waals surface area contributed by atoms with Crippen molar-refractivity contribution in [2.24, 2.45) is 46.3 Å². The van der Waals surface area contributed by atoms with E-state index in [0.717, 1.165) is 65.8 Å². The second kappa shape index (κ2) is 13.1. The van der Waals surface area contributed by atoms with E-state index < -0.39 is 0 Å². The highest BCUT2D eigenvalue weighted by molar-refractivity contribution is 5.81. The Balaban J connectivity index is 1.29. The maximum Gasteiger partial charge on any atom is 0.306 e. The molecular formula is C36H63N2O3+. The summed E-state index contributed by atoms with van der Waals surface area (Å²) in [5, 5.41) is 2.94. The van der Waals surface area contributed by atoms with E-state index in [1.54, 1.807) is 5.57 Å². The van der Waals surface area contributed by atoms with Crippen molar-refractivity contribution in [1.82, 2.24) is 5.32 Å². The second-order valence-electron chi connectivity index (χ2n) is 16.5. The third-order valence-corrected chi connectivity index (χ3v) is 12.2. The Morgan fingerprint density at radius 2 is 1.76 bits per heavy atom. The Kier molecular flexibility index (Phi) is 10.4. The fourth-order valence-corrected chi connectivity index (χ4v) is 9.83. The fourth-order valence-electron chi connectivity index (χ4n) is 9.83. The first-order chi connectivity index (χ1) is 19.2. The molecule has 1 amide bonds. The van der Waals surface area contributed by atoms with Crippen LogP contribution in [0, 0.1) is 46.3 Å². The summed E-state index contributed by atoms with van der Waals surface area (Å²) in [6, 6.07) is 0. The first-order valence-corrected chi connectivity index (χ1v) is 17.2. The smallest absolute Gasteiger partial charge is 0.306 e. The van der Waals surface area contributed by atoms with Crippen LogP contribution < -0.4 is 5.32 Å². The third-order valence-electron chi connectivity index (χ3n) is 12.2. The Hall–Kier alpha value is -1.36. The van der Waals surface area contributed by atoms with Crippen molar-refractivity contribution in [1.29, 1.82) is 0 Å². The van der Waals surface area contributed by atoms with Crippen molar-refractivity contribution in [2.45, 2.75) is 124 Å². The quantitative estimate of drug-likeness (QED) is 0.150. The molecule has 0 spiro atoms. The van der Waals surface area contributed by atoms with Gasteiger partial charge in [-0.25, -0.2) is 0 Å². The van der Waals surface area contributed by atoms with Gasteiger partial charge in [0, 0.05) is 12.8 Å². The first-order valence-electron chi connectivity index (χ1n) is 17.2. The summed E-state index contributed by atoms with van der Waals surface area (Å²) in [4.78, 5) is 24.8. The number of nitrogens with zero attached hydrogens (tertiary/aromatic N) is 1. The molecule has 41 heavy (non-hydrogen) atoms. The number of carbonyl (C=O) groups is 2. The number of ether oxygens (including phenoxy) is 1. The standard InChI is InChI=1S/C36H62N2O3/c1-25(2)10-9-11-26(3)30-14-15-31-29-13-12-27-24-28(18-20-35(27,4)32(29)19-21-36(30,31)5)41-34(40)17-16-33(39)37-22-23-38(6,7)8/h12,25-26,28-32H,9-11,13-24H2,1-8H3/p+1/t26-,28+,29+,30-,31+,32+,35+,36-/m1/s1. The third kappa shape index (κ3) is 7.60. The minimum Gasteiger partial charge on any atom is -0.462 e. The number of fused-ring (bicyclic) bond motifs is 5. The fraction of sp³-hybridized carbons (Fsp3) is 0.889. The van der Waals surface area contributed by atoms with Crippen molar-refractivity contribution in [3.05, 3.63) is 11.6 Å².